The summed E-state index contributed by atoms with van der Waals surface area (Å²) in [5, 5.41) is 7.17. The van der Waals surface area contributed by atoms with Crippen molar-refractivity contribution in [2.24, 2.45) is 5.92 Å². The van der Waals surface area contributed by atoms with Gasteiger partial charge in [0.2, 0.25) is 0 Å². The summed E-state index contributed by atoms with van der Waals surface area (Å²) < 4.78 is 69.9. The first kappa shape index (κ1) is 25.8. The minimum absolute atomic E-state index is 0.0215. The molecule has 4 heterocycles. The number of nitrogens with zero attached hydrogens (tertiary/aromatic N) is 5. The average molecular weight is 533 g/mol. The number of carbonyl (C=O) groups excluding carboxylic acids is 1. The number of carbonyl (C=O) groups is 1. The zero-order valence-corrected chi connectivity index (χ0v) is 20.7. The molecule has 0 radical (unpaired) electrons. The zero-order chi connectivity index (χ0) is 27.2. The molecule has 0 bridgehead atoms. The predicted octanol–water partition coefficient (Wildman–Crippen LogP) is 5.32. The Hall–Kier alpha value is -3.83. The number of alkyl halides is 5. The number of imidazole rings is 1. The predicted molar refractivity (Wildman–Crippen MR) is 129 cm³/mol. The molecule has 0 fully saturated rings. The number of rotatable bonds is 6. The van der Waals surface area contributed by atoms with Gasteiger partial charge in [-0.1, -0.05) is 31.2 Å². The van der Waals surface area contributed by atoms with Crippen molar-refractivity contribution in [2.75, 3.05) is 0 Å². The highest BCUT2D eigenvalue weighted by Gasteiger charge is 2.42. The Morgan fingerprint density at radius 3 is 2.47 bits per heavy atom. The molecule has 4 aromatic rings. The normalized spacial score (nSPS) is 16.0. The van der Waals surface area contributed by atoms with Gasteiger partial charge in [0.1, 0.15) is 17.2 Å². The second-order valence-corrected chi connectivity index (χ2v) is 9.48. The maximum absolute atomic E-state index is 13.9. The molecule has 38 heavy (non-hydrogen) atoms. The van der Waals surface area contributed by atoms with E-state index in [0.717, 1.165) is 12.5 Å². The summed E-state index contributed by atoms with van der Waals surface area (Å²) in [4.78, 5) is 21.8. The quantitative estimate of drug-likeness (QED) is 0.341. The van der Waals surface area contributed by atoms with Crippen LogP contribution < -0.4 is 5.32 Å². The van der Waals surface area contributed by atoms with E-state index in [2.05, 4.69) is 20.4 Å². The van der Waals surface area contributed by atoms with Crippen LogP contribution in [0.1, 0.15) is 53.4 Å². The number of fused-ring (bicyclic) bond motifs is 2. The van der Waals surface area contributed by atoms with Crippen molar-refractivity contribution in [3.05, 3.63) is 70.9 Å². The van der Waals surface area contributed by atoms with E-state index in [4.69, 9.17) is 0 Å². The lowest BCUT2D eigenvalue weighted by Gasteiger charge is -2.24. The van der Waals surface area contributed by atoms with Gasteiger partial charge in [-0.3, -0.25) is 9.20 Å². The van der Waals surface area contributed by atoms with E-state index in [0.29, 0.717) is 35.0 Å². The van der Waals surface area contributed by atoms with Gasteiger partial charge in [-0.25, -0.2) is 23.4 Å². The van der Waals surface area contributed by atoms with E-state index in [1.54, 1.807) is 24.3 Å². The van der Waals surface area contributed by atoms with Crippen LogP contribution in [0.25, 0.3) is 17.0 Å². The molecule has 1 aliphatic heterocycles. The molecule has 0 saturated heterocycles. The number of amides is 1. The fourth-order valence-electron chi connectivity index (χ4n) is 4.58. The van der Waals surface area contributed by atoms with Gasteiger partial charge < -0.3 is 5.32 Å². The van der Waals surface area contributed by atoms with Gasteiger partial charge in [-0.2, -0.15) is 18.3 Å². The number of hydrogen-bond donors (Lipinski definition) is 1. The Balaban J connectivity index is 1.30. The number of aromatic nitrogens is 5. The van der Waals surface area contributed by atoms with Gasteiger partial charge in [-0.05, 0) is 30.5 Å². The average Bonchev–Trinajstić information content (AvgIpc) is 3.47. The van der Waals surface area contributed by atoms with Crippen LogP contribution in [0.4, 0.5) is 22.0 Å². The minimum atomic E-state index is -4.26. The summed E-state index contributed by atoms with van der Waals surface area (Å²) in [5.74, 6) is -4.26. The highest BCUT2D eigenvalue weighted by Crippen LogP contribution is 2.35. The third-order valence-corrected chi connectivity index (χ3v) is 6.74. The number of nitrogens with one attached hydrogen (secondary N) is 1. The maximum Gasteiger partial charge on any atom is 0.392 e. The van der Waals surface area contributed by atoms with Gasteiger partial charge in [0.25, 0.3) is 11.8 Å². The van der Waals surface area contributed by atoms with Crippen molar-refractivity contribution in [1.82, 2.24) is 29.5 Å². The molecule has 12 heteroatoms. The van der Waals surface area contributed by atoms with Crippen molar-refractivity contribution in [2.45, 2.75) is 58.3 Å². The van der Waals surface area contributed by atoms with E-state index >= 15 is 0 Å². The number of halogens is 5. The van der Waals surface area contributed by atoms with Gasteiger partial charge in [0.05, 0.1) is 11.6 Å². The van der Waals surface area contributed by atoms with Crippen LogP contribution in [0, 0.1) is 5.92 Å². The van der Waals surface area contributed by atoms with Crippen molar-refractivity contribution >= 4 is 11.6 Å². The first-order valence-electron chi connectivity index (χ1n) is 12.2. The monoisotopic (exact) mass is 532 g/mol. The molecular weight excluding hydrogens is 507 g/mol. The van der Waals surface area contributed by atoms with Crippen LogP contribution in [-0.4, -0.2) is 36.2 Å². The van der Waals surface area contributed by atoms with E-state index < -0.39 is 23.9 Å². The summed E-state index contributed by atoms with van der Waals surface area (Å²) >= 11 is 0. The maximum atomic E-state index is 13.9. The molecule has 200 valence electrons. The molecule has 0 spiro atoms. The fraction of sp³-hybridized carbons (Fsp3) is 0.385. The van der Waals surface area contributed by atoms with Crippen LogP contribution in [0.3, 0.4) is 0 Å². The molecule has 1 aromatic carbocycles. The molecule has 0 unspecified atom stereocenters. The van der Waals surface area contributed by atoms with Gasteiger partial charge >= 0.3 is 6.18 Å². The van der Waals surface area contributed by atoms with Crippen molar-refractivity contribution in [3.63, 3.8) is 0 Å². The second-order valence-electron chi connectivity index (χ2n) is 9.48. The van der Waals surface area contributed by atoms with Gasteiger partial charge in [-0.15, -0.1) is 0 Å². The number of pyridine rings is 1. The summed E-state index contributed by atoms with van der Waals surface area (Å²) in [6.45, 7) is 2.96. The fourth-order valence-corrected chi connectivity index (χ4v) is 4.58. The smallest absolute Gasteiger partial charge is 0.347 e. The standard InChI is InChI=1S/C26H25F5N6O/c1-3-19-22(36-14-18(25(2,27)28)8-9-20(36)33-19)24(38)32-13-15-4-6-16(7-5-15)23-34-21-12-17(26(29,30)31)10-11-37(21)35-23/h4-9,14,17H,3,10-13H2,1-2H3,(H,32,38)/t17-/m0/s1. The Bertz CT molecular complexity index is 1480. The Kier molecular flexibility index (Phi) is 6.44. The molecule has 7 nitrogen and oxygen atoms in total. The molecule has 1 amide bonds. The molecule has 3 aromatic heterocycles. The Morgan fingerprint density at radius 1 is 1.08 bits per heavy atom. The van der Waals surface area contributed by atoms with E-state index in [-0.39, 0.29) is 37.2 Å². The molecule has 0 saturated carbocycles. The van der Waals surface area contributed by atoms with Crippen LogP contribution in [-0.2, 0) is 31.9 Å². The first-order valence-corrected chi connectivity index (χ1v) is 12.2. The summed E-state index contributed by atoms with van der Waals surface area (Å²) in [7, 11) is 0. The lowest BCUT2D eigenvalue weighted by molar-refractivity contribution is -0.179. The Morgan fingerprint density at radius 2 is 1.82 bits per heavy atom. The largest absolute Gasteiger partial charge is 0.392 e. The van der Waals surface area contributed by atoms with E-state index in [1.807, 2.05) is 6.92 Å². The van der Waals surface area contributed by atoms with Crippen LogP contribution in [0.2, 0.25) is 0 Å². The van der Waals surface area contributed by atoms with Gasteiger partial charge in [0, 0.05) is 43.8 Å². The van der Waals surface area contributed by atoms with Crippen LogP contribution in [0.5, 0.6) is 0 Å². The van der Waals surface area contributed by atoms with Gasteiger partial charge in [0.15, 0.2) is 5.82 Å². The molecule has 5 rings (SSSR count). The van der Waals surface area contributed by atoms with Crippen LogP contribution >= 0.6 is 0 Å². The molecular formula is C26H25F5N6O. The molecule has 1 atom stereocenters. The van der Waals surface area contributed by atoms with Crippen molar-refractivity contribution in [3.8, 4) is 11.4 Å². The molecule has 0 aliphatic carbocycles. The first-order chi connectivity index (χ1) is 17.9. The SMILES string of the molecule is CCc1nc2ccc(C(C)(F)F)cn2c1C(=O)NCc1ccc(-c2nc3n(n2)CC[C@H](C(F)(F)F)C3)cc1. The summed E-state index contributed by atoms with van der Waals surface area (Å²) in [6.07, 6.45) is -2.79. The highest BCUT2D eigenvalue weighted by molar-refractivity contribution is 5.94. The Labute approximate surface area is 214 Å². The van der Waals surface area contributed by atoms with Crippen molar-refractivity contribution in [1.29, 1.82) is 0 Å². The van der Waals surface area contributed by atoms with E-state index in [1.165, 1.54) is 27.4 Å². The molecule has 1 aliphatic rings. The lowest BCUT2D eigenvalue weighted by atomic mass is 9.98. The highest BCUT2D eigenvalue weighted by atomic mass is 19.4. The minimum Gasteiger partial charge on any atom is -0.347 e. The molecule has 1 N–H and O–H groups in total. The third kappa shape index (κ3) is 4.99. The number of aryl methyl sites for hydroxylation is 2. The summed E-state index contributed by atoms with van der Waals surface area (Å²) in [5.41, 5.74) is 2.29. The van der Waals surface area contributed by atoms with E-state index in [9.17, 15) is 26.7 Å². The third-order valence-electron chi connectivity index (χ3n) is 6.74. The second kappa shape index (κ2) is 9.48. The summed E-state index contributed by atoms with van der Waals surface area (Å²) in [6, 6.07) is 9.77. The lowest BCUT2D eigenvalue weighted by Crippen LogP contribution is -2.31. The number of benzene rings is 1. The van der Waals surface area contributed by atoms with Crippen molar-refractivity contribution < 1.29 is 26.7 Å². The topological polar surface area (TPSA) is 77.1 Å². The number of hydrogen-bond acceptors (Lipinski definition) is 4. The zero-order valence-electron chi connectivity index (χ0n) is 20.7. The van der Waals surface area contributed by atoms with Crippen LogP contribution in [0.15, 0.2) is 42.6 Å².